The summed E-state index contributed by atoms with van der Waals surface area (Å²) >= 11 is 5.54. The molecule has 0 bridgehead atoms. The Morgan fingerprint density at radius 2 is 2.31 bits per heavy atom. The second-order valence-corrected chi connectivity index (χ2v) is 2.78. The Kier molecular flexibility index (Phi) is 2.69. The fraction of sp³-hybridized carbons (Fsp3) is 0.143. The molecule has 1 aromatic rings. The smallest absolute Gasteiger partial charge is 0.436 e. The summed E-state index contributed by atoms with van der Waals surface area (Å²) < 4.78 is 0. The van der Waals surface area contributed by atoms with Crippen LogP contribution in [0.4, 0.5) is 10.5 Å². The third-order valence-corrected chi connectivity index (χ3v) is 1.67. The maximum Gasteiger partial charge on any atom is 0.436 e. The molecule has 1 heterocycles. The summed E-state index contributed by atoms with van der Waals surface area (Å²) in [5, 5.41) is 17.8. The van der Waals surface area contributed by atoms with Crippen LogP contribution in [0.25, 0.3) is 0 Å². The number of pyridine rings is 1. The zero-order valence-corrected chi connectivity index (χ0v) is 7.49. The molecule has 0 unspecified atom stereocenters. The maximum absolute atomic E-state index is 10.4. The standard InChI is InChI=1S/C7H7ClN2O3/c1-4-2-6(8)9-3-5(4)10(13)7(11)12/h2-3,13H,1H3,(H,11,12). The number of nitrogens with zero attached hydrogens (tertiary/aromatic N) is 2. The van der Waals surface area contributed by atoms with E-state index in [0.717, 1.165) is 0 Å². The second kappa shape index (κ2) is 3.59. The van der Waals surface area contributed by atoms with E-state index in [0.29, 0.717) is 5.56 Å². The predicted octanol–water partition coefficient (Wildman–Crippen LogP) is 1.92. The van der Waals surface area contributed by atoms with Crippen molar-refractivity contribution in [3.05, 3.63) is 23.0 Å². The van der Waals surface area contributed by atoms with Gasteiger partial charge < -0.3 is 5.11 Å². The number of aromatic nitrogens is 1. The van der Waals surface area contributed by atoms with E-state index in [1.54, 1.807) is 6.92 Å². The molecule has 1 amide bonds. The van der Waals surface area contributed by atoms with Crippen LogP contribution in [0.1, 0.15) is 5.56 Å². The van der Waals surface area contributed by atoms with Crippen LogP contribution < -0.4 is 5.06 Å². The van der Waals surface area contributed by atoms with E-state index in [2.05, 4.69) is 4.98 Å². The second-order valence-electron chi connectivity index (χ2n) is 2.39. The number of anilines is 1. The molecule has 2 N–H and O–H groups in total. The third kappa shape index (κ3) is 2.07. The molecular formula is C7H7ClN2O3. The summed E-state index contributed by atoms with van der Waals surface area (Å²) in [6.07, 6.45) is -0.279. The van der Waals surface area contributed by atoms with Gasteiger partial charge in [0, 0.05) is 0 Å². The van der Waals surface area contributed by atoms with Gasteiger partial charge in [-0.3, -0.25) is 5.21 Å². The number of rotatable bonds is 1. The molecule has 0 spiro atoms. The lowest BCUT2D eigenvalue weighted by atomic mass is 10.2. The number of aryl methyl sites for hydroxylation is 1. The number of halogens is 1. The minimum atomic E-state index is -1.47. The van der Waals surface area contributed by atoms with Crippen molar-refractivity contribution in [2.75, 3.05) is 5.06 Å². The summed E-state index contributed by atoms with van der Waals surface area (Å²) in [5.74, 6) is 0. The van der Waals surface area contributed by atoms with Crippen LogP contribution in [-0.4, -0.2) is 21.4 Å². The summed E-state index contributed by atoms with van der Waals surface area (Å²) in [6, 6.07) is 1.46. The zero-order valence-electron chi connectivity index (χ0n) is 6.73. The Morgan fingerprint density at radius 3 is 2.77 bits per heavy atom. The Balaban J connectivity index is 3.08. The minimum absolute atomic E-state index is 0.0944. The highest BCUT2D eigenvalue weighted by Crippen LogP contribution is 2.19. The van der Waals surface area contributed by atoms with Gasteiger partial charge in [-0.15, -0.1) is 0 Å². The van der Waals surface area contributed by atoms with Gasteiger partial charge in [-0.2, -0.15) is 5.06 Å². The van der Waals surface area contributed by atoms with Gasteiger partial charge in [-0.05, 0) is 18.6 Å². The van der Waals surface area contributed by atoms with Crippen LogP contribution in [0.3, 0.4) is 0 Å². The molecule has 0 saturated carbocycles. The van der Waals surface area contributed by atoms with Crippen LogP contribution >= 0.6 is 11.6 Å². The summed E-state index contributed by atoms with van der Waals surface area (Å²) in [7, 11) is 0. The number of amides is 1. The van der Waals surface area contributed by atoms with E-state index in [9.17, 15) is 4.79 Å². The van der Waals surface area contributed by atoms with Crippen LogP contribution in [0.2, 0.25) is 5.15 Å². The highest BCUT2D eigenvalue weighted by molar-refractivity contribution is 6.29. The molecule has 1 rings (SSSR count). The fourth-order valence-corrected chi connectivity index (χ4v) is 1.05. The van der Waals surface area contributed by atoms with Crippen molar-refractivity contribution in [2.24, 2.45) is 0 Å². The normalized spacial score (nSPS) is 9.77. The molecule has 0 aliphatic carbocycles. The van der Waals surface area contributed by atoms with E-state index >= 15 is 0 Å². The van der Waals surface area contributed by atoms with Crippen LogP contribution in [0.5, 0.6) is 0 Å². The zero-order chi connectivity index (χ0) is 10.0. The van der Waals surface area contributed by atoms with Crippen molar-refractivity contribution in [3.63, 3.8) is 0 Å². The minimum Gasteiger partial charge on any atom is -0.463 e. The van der Waals surface area contributed by atoms with Gasteiger partial charge in [0.15, 0.2) is 0 Å². The van der Waals surface area contributed by atoms with Crippen LogP contribution in [0, 0.1) is 6.92 Å². The van der Waals surface area contributed by atoms with Gasteiger partial charge in [0.25, 0.3) is 0 Å². The number of carbonyl (C=O) groups is 1. The molecular weight excluding hydrogens is 196 g/mol. The van der Waals surface area contributed by atoms with Crippen LogP contribution in [-0.2, 0) is 0 Å². The van der Waals surface area contributed by atoms with E-state index in [4.69, 9.17) is 21.9 Å². The molecule has 0 aliphatic heterocycles. The van der Waals surface area contributed by atoms with Crippen molar-refractivity contribution in [3.8, 4) is 0 Å². The molecule has 70 valence electrons. The summed E-state index contributed by atoms with van der Waals surface area (Å²) in [5.41, 5.74) is 0.627. The first-order valence-corrected chi connectivity index (χ1v) is 3.74. The Bertz CT molecular complexity index is 343. The van der Waals surface area contributed by atoms with E-state index in [1.165, 1.54) is 12.3 Å². The Hall–Kier alpha value is -1.33. The lowest BCUT2D eigenvalue weighted by molar-refractivity contribution is 0.160. The number of hydrogen-bond donors (Lipinski definition) is 2. The number of hydroxylamine groups is 1. The van der Waals surface area contributed by atoms with E-state index < -0.39 is 6.09 Å². The molecule has 0 saturated heterocycles. The highest BCUT2D eigenvalue weighted by atomic mass is 35.5. The molecule has 0 radical (unpaired) electrons. The first-order chi connectivity index (χ1) is 6.02. The lowest BCUT2D eigenvalue weighted by Crippen LogP contribution is -2.25. The topological polar surface area (TPSA) is 73.7 Å². The van der Waals surface area contributed by atoms with Gasteiger partial charge in [0.2, 0.25) is 0 Å². The van der Waals surface area contributed by atoms with Gasteiger partial charge in [0.1, 0.15) is 5.15 Å². The van der Waals surface area contributed by atoms with Gasteiger partial charge in [0.05, 0.1) is 11.9 Å². The molecule has 1 aromatic heterocycles. The molecule has 6 heteroatoms. The maximum atomic E-state index is 10.4. The predicted molar refractivity (Wildman–Crippen MR) is 46.3 cm³/mol. The summed E-state index contributed by atoms with van der Waals surface area (Å²) in [4.78, 5) is 14.0. The van der Waals surface area contributed by atoms with Crippen LogP contribution in [0.15, 0.2) is 12.3 Å². The van der Waals surface area contributed by atoms with Crippen molar-refractivity contribution in [1.29, 1.82) is 0 Å². The average Bonchev–Trinajstić information content (AvgIpc) is 2.03. The average molecular weight is 203 g/mol. The van der Waals surface area contributed by atoms with E-state index in [-0.39, 0.29) is 15.9 Å². The monoisotopic (exact) mass is 202 g/mol. The van der Waals surface area contributed by atoms with Gasteiger partial charge in [-0.25, -0.2) is 9.78 Å². The largest absolute Gasteiger partial charge is 0.463 e. The number of hydrogen-bond acceptors (Lipinski definition) is 3. The first kappa shape index (κ1) is 9.76. The molecule has 0 aromatic carbocycles. The van der Waals surface area contributed by atoms with Crippen molar-refractivity contribution in [2.45, 2.75) is 6.92 Å². The fourth-order valence-electron chi connectivity index (χ4n) is 0.839. The molecule has 0 fully saturated rings. The Morgan fingerprint density at radius 1 is 1.69 bits per heavy atom. The molecule has 5 nitrogen and oxygen atoms in total. The Labute approximate surface area is 79.1 Å². The number of carboxylic acid groups (broad SMARTS) is 1. The van der Waals surface area contributed by atoms with Gasteiger partial charge >= 0.3 is 6.09 Å². The first-order valence-electron chi connectivity index (χ1n) is 3.36. The quantitative estimate of drug-likeness (QED) is 0.415. The van der Waals surface area contributed by atoms with Crippen molar-refractivity contribution in [1.82, 2.24) is 4.98 Å². The van der Waals surface area contributed by atoms with Gasteiger partial charge in [-0.1, -0.05) is 11.6 Å². The van der Waals surface area contributed by atoms with Crippen molar-refractivity contribution >= 4 is 23.4 Å². The molecule has 0 aliphatic rings. The molecule has 0 atom stereocenters. The van der Waals surface area contributed by atoms with E-state index in [1.807, 2.05) is 0 Å². The summed E-state index contributed by atoms with van der Waals surface area (Å²) in [6.45, 7) is 1.62. The van der Waals surface area contributed by atoms with Crippen molar-refractivity contribution < 1.29 is 15.1 Å². The SMILES string of the molecule is Cc1cc(Cl)ncc1N(O)C(=O)O. The highest BCUT2D eigenvalue weighted by Gasteiger charge is 2.13. The lowest BCUT2D eigenvalue weighted by Gasteiger charge is -2.12. The molecule has 13 heavy (non-hydrogen) atoms. The third-order valence-electron chi connectivity index (χ3n) is 1.46.